The first-order valence-corrected chi connectivity index (χ1v) is 5.97. The Bertz CT molecular complexity index is 392. The van der Waals surface area contributed by atoms with E-state index in [4.69, 9.17) is 0 Å². The summed E-state index contributed by atoms with van der Waals surface area (Å²) in [5, 5.41) is 2.73. The number of rotatable bonds is 3. The van der Waals surface area contributed by atoms with E-state index in [-0.39, 0.29) is 6.03 Å². The van der Waals surface area contributed by atoms with Crippen LogP contribution in [-0.4, -0.2) is 22.7 Å². The lowest BCUT2D eigenvalue weighted by Gasteiger charge is -2.14. The Hall–Kier alpha value is -1.49. The van der Waals surface area contributed by atoms with Crippen LogP contribution in [0.2, 0.25) is 0 Å². The second-order valence-electron chi connectivity index (χ2n) is 3.39. The fraction of sp³-hybridized carbons (Fsp3) is 0.333. The Kier molecular flexibility index (Phi) is 5.56. The molecule has 0 fully saturated rings. The molecule has 1 aromatic rings. The molecule has 0 aliphatic rings. The van der Waals surface area contributed by atoms with Gasteiger partial charge in [-0.1, -0.05) is 37.9 Å². The van der Waals surface area contributed by atoms with Crippen molar-refractivity contribution in [3.05, 3.63) is 30.3 Å². The van der Waals surface area contributed by atoms with Crippen molar-refractivity contribution in [2.24, 2.45) is 4.99 Å². The number of amidine groups is 1. The first-order chi connectivity index (χ1) is 8.17. The highest BCUT2D eigenvalue weighted by Gasteiger charge is 2.08. The predicted octanol–water partition coefficient (Wildman–Crippen LogP) is 3.00. The molecule has 0 saturated heterocycles. The van der Waals surface area contributed by atoms with Crippen molar-refractivity contribution in [3.63, 3.8) is 0 Å². The van der Waals surface area contributed by atoms with Crippen LogP contribution in [0.15, 0.2) is 35.3 Å². The summed E-state index contributed by atoms with van der Waals surface area (Å²) in [4.78, 5) is 15.9. The maximum atomic E-state index is 11.6. The number of carbonyl (C=O) groups is 1. The molecule has 0 radical (unpaired) electrons. The van der Waals surface area contributed by atoms with Crippen LogP contribution >= 0.6 is 12.8 Å². The summed E-state index contributed by atoms with van der Waals surface area (Å²) >= 11 is 4.03. The molecule has 0 atom stereocenters. The van der Waals surface area contributed by atoms with Crippen molar-refractivity contribution < 1.29 is 4.79 Å². The van der Waals surface area contributed by atoms with Gasteiger partial charge in [0.1, 0.15) is 5.84 Å². The highest BCUT2D eigenvalue weighted by atomic mass is 32.1. The fourth-order valence-electron chi connectivity index (χ4n) is 1.19. The van der Waals surface area contributed by atoms with Crippen molar-refractivity contribution in [1.82, 2.24) is 9.62 Å². The van der Waals surface area contributed by atoms with Crippen molar-refractivity contribution in [1.29, 1.82) is 0 Å². The van der Waals surface area contributed by atoms with Gasteiger partial charge < -0.3 is 0 Å². The molecule has 0 aliphatic heterocycles. The molecule has 1 N–H and O–H groups in total. The zero-order chi connectivity index (χ0) is 12.7. The molecule has 0 spiro atoms. The fourth-order valence-corrected chi connectivity index (χ4v) is 1.24. The van der Waals surface area contributed by atoms with Crippen LogP contribution in [0.1, 0.15) is 20.3 Å². The molecule has 0 saturated carbocycles. The smallest absolute Gasteiger partial charge is 0.295 e. The minimum absolute atomic E-state index is 0.257. The standard InChI is InChI=1S/C12H17N3OS/c1-3-11(14-12(16)15(17)4-2)13-10-8-6-5-7-9-10/h5-9,17H,3-4H2,1-2H3,(H,13,14,16). The highest BCUT2D eigenvalue weighted by molar-refractivity contribution is 7.78. The maximum Gasteiger partial charge on any atom is 0.332 e. The molecule has 2 amide bonds. The number of aliphatic imine (C=N–C) groups is 1. The lowest BCUT2D eigenvalue weighted by Crippen LogP contribution is -2.37. The monoisotopic (exact) mass is 251 g/mol. The Morgan fingerprint density at radius 3 is 2.53 bits per heavy atom. The van der Waals surface area contributed by atoms with E-state index in [1.54, 1.807) is 0 Å². The number of benzene rings is 1. The van der Waals surface area contributed by atoms with E-state index in [0.29, 0.717) is 18.8 Å². The van der Waals surface area contributed by atoms with Crippen LogP contribution in [0, 0.1) is 0 Å². The van der Waals surface area contributed by atoms with E-state index in [0.717, 1.165) is 5.69 Å². The molecule has 0 bridgehead atoms. The van der Waals surface area contributed by atoms with Gasteiger partial charge in [-0.05, 0) is 19.1 Å². The molecule has 0 aliphatic carbocycles. The summed E-state index contributed by atoms with van der Waals surface area (Å²) in [6, 6.07) is 9.26. The van der Waals surface area contributed by atoms with Gasteiger partial charge in [0.15, 0.2) is 0 Å². The summed E-state index contributed by atoms with van der Waals surface area (Å²) in [5.41, 5.74) is 0.826. The summed E-state index contributed by atoms with van der Waals surface area (Å²) in [6.07, 6.45) is 0.659. The number of amides is 2. The van der Waals surface area contributed by atoms with E-state index < -0.39 is 0 Å². The van der Waals surface area contributed by atoms with Gasteiger partial charge in [0.25, 0.3) is 0 Å². The lowest BCUT2D eigenvalue weighted by atomic mass is 10.3. The number of nitrogens with one attached hydrogen (secondary N) is 1. The first-order valence-electron chi connectivity index (χ1n) is 5.57. The van der Waals surface area contributed by atoms with Crippen LogP contribution in [-0.2, 0) is 0 Å². The Balaban J connectivity index is 2.72. The van der Waals surface area contributed by atoms with Crippen LogP contribution in [0.25, 0.3) is 0 Å². The van der Waals surface area contributed by atoms with Gasteiger partial charge in [0, 0.05) is 13.0 Å². The van der Waals surface area contributed by atoms with E-state index in [9.17, 15) is 4.79 Å². The third-order valence-corrected chi connectivity index (χ3v) is 2.60. The van der Waals surface area contributed by atoms with E-state index in [1.165, 1.54) is 4.31 Å². The van der Waals surface area contributed by atoms with Gasteiger partial charge >= 0.3 is 6.03 Å². The van der Waals surface area contributed by atoms with Crippen molar-refractivity contribution in [2.75, 3.05) is 6.54 Å². The number of urea groups is 1. The Labute approximate surface area is 107 Å². The number of nitrogens with zero attached hydrogens (tertiary/aromatic N) is 2. The normalized spacial score (nSPS) is 11.1. The van der Waals surface area contributed by atoms with Crippen molar-refractivity contribution >= 4 is 30.4 Å². The molecule has 17 heavy (non-hydrogen) atoms. The van der Waals surface area contributed by atoms with Gasteiger partial charge in [-0.2, -0.15) is 0 Å². The topological polar surface area (TPSA) is 44.7 Å². The SMILES string of the molecule is CCC(=Nc1ccccc1)NC(=O)N(S)CC. The van der Waals surface area contributed by atoms with Crippen LogP contribution in [0.4, 0.5) is 10.5 Å². The molecule has 1 rings (SSSR count). The number of thiol groups is 1. The van der Waals surface area contributed by atoms with Crippen molar-refractivity contribution in [2.45, 2.75) is 20.3 Å². The van der Waals surface area contributed by atoms with Gasteiger partial charge in [0.2, 0.25) is 0 Å². The quantitative estimate of drug-likeness (QED) is 0.484. The number of para-hydroxylation sites is 1. The average Bonchev–Trinajstić information content (AvgIpc) is 2.38. The molecule has 0 aromatic heterocycles. The molecule has 1 aromatic carbocycles. The number of carbonyl (C=O) groups excluding carboxylic acids is 1. The molecule has 0 unspecified atom stereocenters. The molecular weight excluding hydrogens is 234 g/mol. The van der Waals surface area contributed by atoms with E-state index >= 15 is 0 Å². The van der Waals surface area contributed by atoms with Gasteiger partial charge in [-0.3, -0.25) is 9.62 Å². The molecule has 0 heterocycles. The minimum Gasteiger partial charge on any atom is -0.295 e. The molecule has 4 nitrogen and oxygen atoms in total. The summed E-state index contributed by atoms with van der Waals surface area (Å²) in [5.74, 6) is 0.633. The third kappa shape index (κ3) is 4.48. The van der Waals surface area contributed by atoms with Gasteiger partial charge in [0.05, 0.1) is 5.69 Å². The number of hydrogen-bond acceptors (Lipinski definition) is 3. The lowest BCUT2D eigenvalue weighted by molar-refractivity contribution is 0.232. The van der Waals surface area contributed by atoms with Crippen LogP contribution in [0.5, 0.6) is 0 Å². The summed E-state index contributed by atoms with van der Waals surface area (Å²) in [6.45, 7) is 4.33. The molecule has 92 valence electrons. The highest BCUT2D eigenvalue weighted by Crippen LogP contribution is 2.10. The largest absolute Gasteiger partial charge is 0.332 e. The van der Waals surface area contributed by atoms with E-state index in [2.05, 4.69) is 23.1 Å². The second-order valence-corrected chi connectivity index (χ2v) is 3.88. The Morgan fingerprint density at radius 2 is 2.00 bits per heavy atom. The second kappa shape index (κ2) is 6.96. The summed E-state index contributed by atoms with van der Waals surface area (Å²) in [7, 11) is 0. The predicted molar refractivity (Wildman–Crippen MR) is 73.7 cm³/mol. The zero-order valence-corrected chi connectivity index (χ0v) is 10.9. The molecule has 5 heteroatoms. The van der Waals surface area contributed by atoms with Gasteiger partial charge in [-0.25, -0.2) is 9.79 Å². The van der Waals surface area contributed by atoms with Gasteiger partial charge in [-0.15, -0.1) is 0 Å². The zero-order valence-electron chi connectivity index (χ0n) is 10.1. The minimum atomic E-state index is -0.257. The maximum absolute atomic E-state index is 11.6. The van der Waals surface area contributed by atoms with Crippen LogP contribution in [0.3, 0.4) is 0 Å². The Morgan fingerprint density at radius 1 is 1.35 bits per heavy atom. The first kappa shape index (κ1) is 13.6. The van der Waals surface area contributed by atoms with Crippen molar-refractivity contribution in [3.8, 4) is 0 Å². The van der Waals surface area contributed by atoms with Crippen LogP contribution < -0.4 is 5.32 Å². The summed E-state index contributed by atoms with van der Waals surface area (Å²) < 4.78 is 1.30. The van der Waals surface area contributed by atoms with E-state index in [1.807, 2.05) is 44.2 Å². The average molecular weight is 251 g/mol. The number of hydrogen-bond donors (Lipinski definition) is 2. The third-order valence-electron chi connectivity index (χ3n) is 2.14. The molecular formula is C12H17N3OS.